The van der Waals surface area contributed by atoms with E-state index in [1.54, 1.807) is 12.1 Å². The van der Waals surface area contributed by atoms with Gasteiger partial charge in [-0.25, -0.2) is 0 Å². The molecule has 0 aromatic heterocycles. The standard InChI is InChI=1S/C18H20O6/c19-10-14-15(20)16(21)17(22)18(24-14)23-13-8-4-7-12(9-13)11-5-2-1-3-6-11/h1-9,14-22H,10H2/t14-,15+,16+,17-,18-/m1/s1. The van der Waals surface area contributed by atoms with Gasteiger partial charge >= 0.3 is 0 Å². The molecule has 1 saturated heterocycles. The van der Waals surface area contributed by atoms with E-state index in [0.29, 0.717) is 5.75 Å². The van der Waals surface area contributed by atoms with Crippen LogP contribution in [0.15, 0.2) is 54.6 Å². The molecule has 5 atom stereocenters. The second-order valence-electron chi connectivity index (χ2n) is 5.71. The number of aliphatic hydroxyl groups is 4. The molecule has 128 valence electrons. The Morgan fingerprint density at radius 3 is 2.25 bits per heavy atom. The molecule has 1 heterocycles. The summed E-state index contributed by atoms with van der Waals surface area (Å²) in [5.74, 6) is 0.445. The van der Waals surface area contributed by atoms with Crippen LogP contribution >= 0.6 is 0 Å². The van der Waals surface area contributed by atoms with Crippen molar-refractivity contribution in [3.8, 4) is 16.9 Å². The highest BCUT2D eigenvalue weighted by Gasteiger charge is 2.44. The molecule has 0 spiro atoms. The first-order valence-corrected chi connectivity index (χ1v) is 7.73. The number of hydrogen-bond acceptors (Lipinski definition) is 6. The smallest absolute Gasteiger partial charge is 0.229 e. The summed E-state index contributed by atoms with van der Waals surface area (Å²) in [4.78, 5) is 0. The summed E-state index contributed by atoms with van der Waals surface area (Å²) in [7, 11) is 0. The molecule has 24 heavy (non-hydrogen) atoms. The Kier molecular flexibility index (Phi) is 5.13. The van der Waals surface area contributed by atoms with Crippen LogP contribution in [0.4, 0.5) is 0 Å². The first-order valence-electron chi connectivity index (χ1n) is 7.73. The Morgan fingerprint density at radius 1 is 0.833 bits per heavy atom. The van der Waals surface area contributed by atoms with Gasteiger partial charge in [0.2, 0.25) is 6.29 Å². The monoisotopic (exact) mass is 332 g/mol. The predicted molar refractivity (Wildman–Crippen MR) is 86.3 cm³/mol. The third-order valence-electron chi connectivity index (χ3n) is 4.04. The Labute approximate surface area is 139 Å². The molecule has 0 saturated carbocycles. The van der Waals surface area contributed by atoms with Gasteiger partial charge in [0.1, 0.15) is 30.2 Å². The third kappa shape index (κ3) is 3.43. The topological polar surface area (TPSA) is 99.4 Å². The van der Waals surface area contributed by atoms with Crippen LogP contribution in [0.25, 0.3) is 11.1 Å². The zero-order valence-corrected chi connectivity index (χ0v) is 12.9. The minimum absolute atomic E-state index is 0.445. The fourth-order valence-electron chi connectivity index (χ4n) is 2.68. The molecule has 1 fully saturated rings. The maximum atomic E-state index is 10.0. The molecule has 2 aromatic carbocycles. The van der Waals surface area contributed by atoms with E-state index in [4.69, 9.17) is 9.47 Å². The van der Waals surface area contributed by atoms with E-state index in [1.165, 1.54) is 0 Å². The summed E-state index contributed by atoms with van der Waals surface area (Å²) in [6.07, 6.45) is -6.47. The van der Waals surface area contributed by atoms with Gasteiger partial charge in [-0.1, -0.05) is 42.5 Å². The van der Waals surface area contributed by atoms with Gasteiger partial charge in [-0.15, -0.1) is 0 Å². The van der Waals surface area contributed by atoms with Gasteiger partial charge in [0.15, 0.2) is 0 Å². The second-order valence-corrected chi connectivity index (χ2v) is 5.71. The van der Waals surface area contributed by atoms with Crippen molar-refractivity contribution >= 4 is 0 Å². The highest BCUT2D eigenvalue weighted by molar-refractivity contribution is 5.64. The van der Waals surface area contributed by atoms with Crippen LogP contribution in [0.5, 0.6) is 5.75 Å². The molecule has 6 heteroatoms. The number of aliphatic hydroxyl groups excluding tert-OH is 4. The Hall–Kier alpha value is -1.96. The minimum atomic E-state index is -1.46. The number of rotatable bonds is 4. The average Bonchev–Trinajstić information content (AvgIpc) is 2.63. The SMILES string of the molecule is OC[C@H]1O[C@@H](Oc2cccc(-c3ccccc3)c2)[C@H](O)[C@@H](O)[C@H]1O. The van der Waals surface area contributed by atoms with E-state index in [-0.39, 0.29) is 0 Å². The number of ether oxygens (including phenoxy) is 2. The largest absolute Gasteiger partial charge is 0.462 e. The van der Waals surface area contributed by atoms with Crippen molar-refractivity contribution in [1.29, 1.82) is 0 Å². The van der Waals surface area contributed by atoms with E-state index in [0.717, 1.165) is 11.1 Å². The summed E-state index contributed by atoms with van der Waals surface area (Å²) in [5, 5.41) is 38.8. The van der Waals surface area contributed by atoms with Gasteiger partial charge in [-0.3, -0.25) is 0 Å². The first kappa shape index (κ1) is 16.9. The van der Waals surface area contributed by atoms with E-state index >= 15 is 0 Å². The first-order chi connectivity index (χ1) is 11.6. The zero-order chi connectivity index (χ0) is 17.1. The minimum Gasteiger partial charge on any atom is -0.462 e. The van der Waals surface area contributed by atoms with Crippen molar-refractivity contribution in [1.82, 2.24) is 0 Å². The summed E-state index contributed by atoms with van der Waals surface area (Å²) in [5.41, 5.74) is 1.94. The Balaban J connectivity index is 1.78. The molecule has 0 amide bonds. The van der Waals surface area contributed by atoms with Crippen LogP contribution < -0.4 is 4.74 Å². The lowest BCUT2D eigenvalue weighted by atomic mass is 9.99. The number of hydrogen-bond donors (Lipinski definition) is 4. The molecular formula is C18H20O6. The summed E-state index contributed by atoms with van der Waals surface area (Å²) in [6, 6.07) is 16.9. The fourth-order valence-corrected chi connectivity index (χ4v) is 2.68. The highest BCUT2D eigenvalue weighted by atomic mass is 16.7. The van der Waals surface area contributed by atoms with Crippen LogP contribution in [0.1, 0.15) is 0 Å². The zero-order valence-electron chi connectivity index (χ0n) is 12.9. The second kappa shape index (κ2) is 7.29. The third-order valence-corrected chi connectivity index (χ3v) is 4.04. The molecule has 1 aliphatic heterocycles. The van der Waals surface area contributed by atoms with Crippen LogP contribution in [-0.2, 0) is 4.74 Å². The fraction of sp³-hybridized carbons (Fsp3) is 0.333. The van der Waals surface area contributed by atoms with E-state index in [1.807, 2.05) is 42.5 Å². The number of benzene rings is 2. The molecule has 1 aliphatic rings. The lowest BCUT2D eigenvalue weighted by Crippen LogP contribution is -2.60. The van der Waals surface area contributed by atoms with Gasteiger partial charge in [0.05, 0.1) is 6.61 Å². The molecule has 0 unspecified atom stereocenters. The Morgan fingerprint density at radius 2 is 1.54 bits per heavy atom. The maximum absolute atomic E-state index is 10.0. The lowest BCUT2D eigenvalue weighted by molar-refractivity contribution is -0.277. The summed E-state index contributed by atoms with van der Waals surface area (Å²) in [6.45, 7) is -0.491. The molecule has 2 aromatic rings. The van der Waals surface area contributed by atoms with Crippen LogP contribution in [-0.4, -0.2) is 57.7 Å². The highest BCUT2D eigenvalue weighted by Crippen LogP contribution is 2.27. The Bertz CT molecular complexity index is 660. The molecule has 3 rings (SSSR count). The van der Waals surface area contributed by atoms with E-state index < -0.39 is 37.3 Å². The molecule has 0 aliphatic carbocycles. The van der Waals surface area contributed by atoms with Crippen molar-refractivity contribution in [3.05, 3.63) is 54.6 Å². The van der Waals surface area contributed by atoms with Gasteiger partial charge in [0, 0.05) is 0 Å². The maximum Gasteiger partial charge on any atom is 0.229 e. The van der Waals surface area contributed by atoms with Crippen LogP contribution in [0, 0.1) is 0 Å². The molecule has 0 bridgehead atoms. The summed E-state index contributed by atoms with van der Waals surface area (Å²) < 4.78 is 11.0. The van der Waals surface area contributed by atoms with Gasteiger partial charge in [-0.05, 0) is 23.3 Å². The molecular weight excluding hydrogens is 312 g/mol. The van der Waals surface area contributed by atoms with Gasteiger partial charge in [-0.2, -0.15) is 0 Å². The van der Waals surface area contributed by atoms with Gasteiger partial charge in [0.25, 0.3) is 0 Å². The summed E-state index contributed by atoms with van der Waals surface area (Å²) >= 11 is 0. The van der Waals surface area contributed by atoms with Crippen molar-refractivity contribution in [3.63, 3.8) is 0 Å². The molecule has 6 nitrogen and oxygen atoms in total. The lowest BCUT2D eigenvalue weighted by Gasteiger charge is -2.39. The van der Waals surface area contributed by atoms with Crippen molar-refractivity contribution in [2.45, 2.75) is 30.7 Å². The van der Waals surface area contributed by atoms with Crippen molar-refractivity contribution < 1.29 is 29.9 Å². The predicted octanol–water partition coefficient (Wildman–Crippen LogP) is 0.532. The quantitative estimate of drug-likeness (QED) is 0.652. The van der Waals surface area contributed by atoms with Gasteiger partial charge < -0.3 is 29.9 Å². The van der Waals surface area contributed by atoms with Crippen molar-refractivity contribution in [2.24, 2.45) is 0 Å². The normalized spacial score (nSPS) is 30.1. The molecule has 4 N–H and O–H groups in total. The van der Waals surface area contributed by atoms with E-state index in [9.17, 15) is 20.4 Å². The van der Waals surface area contributed by atoms with Crippen molar-refractivity contribution in [2.75, 3.05) is 6.61 Å². The molecule has 0 radical (unpaired) electrons. The van der Waals surface area contributed by atoms with Crippen LogP contribution in [0.2, 0.25) is 0 Å². The average molecular weight is 332 g/mol. The van der Waals surface area contributed by atoms with Crippen LogP contribution in [0.3, 0.4) is 0 Å². The van der Waals surface area contributed by atoms with E-state index in [2.05, 4.69) is 0 Å².